The predicted octanol–water partition coefficient (Wildman–Crippen LogP) is 3.73. The maximum atomic E-state index is 11.9. The van der Waals surface area contributed by atoms with Crippen molar-refractivity contribution < 1.29 is 24.2 Å². The number of hydroxylamine groups is 1. The molecule has 0 unspecified atom stereocenters. The number of benzene rings is 2. The van der Waals surface area contributed by atoms with Crippen molar-refractivity contribution in [1.29, 1.82) is 0 Å². The Bertz CT molecular complexity index is 893. The molecule has 0 aromatic heterocycles. The van der Waals surface area contributed by atoms with Gasteiger partial charge in [-0.15, -0.1) is 0 Å². The summed E-state index contributed by atoms with van der Waals surface area (Å²) in [5, 5.41) is 10.3. The van der Waals surface area contributed by atoms with Gasteiger partial charge in [-0.05, 0) is 61.8 Å². The number of morpholine rings is 1. The quantitative estimate of drug-likeness (QED) is 0.333. The Morgan fingerprint density at radius 3 is 2.14 bits per heavy atom. The van der Waals surface area contributed by atoms with Crippen LogP contribution < -0.4 is 5.48 Å². The van der Waals surface area contributed by atoms with E-state index in [1.165, 1.54) is 29.4 Å². The van der Waals surface area contributed by atoms with E-state index in [0.717, 1.165) is 45.7 Å². The Hall–Kier alpha value is -2.29. The summed E-state index contributed by atoms with van der Waals surface area (Å²) in [6.45, 7) is 8.22. The average Bonchev–Trinajstić information content (AvgIpc) is 2.89. The molecule has 1 amide bonds. The number of hydrogen-bond acceptors (Lipinski definition) is 6. The van der Waals surface area contributed by atoms with Crippen molar-refractivity contribution >= 4 is 5.91 Å². The van der Waals surface area contributed by atoms with E-state index in [1.807, 2.05) is 0 Å². The molecule has 1 fully saturated rings. The lowest BCUT2D eigenvalue weighted by atomic mass is 9.99. The fraction of sp³-hybridized carbons (Fsp3) is 0.536. The van der Waals surface area contributed by atoms with Gasteiger partial charge in [0.05, 0.1) is 19.3 Å². The van der Waals surface area contributed by atoms with Crippen molar-refractivity contribution in [2.45, 2.75) is 57.8 Å². The molecule has 192 valence electrons. The van der Waals surface area contributed by atoms with E-state index in [0.29, 0.717) is 12.8 Å². The summed E-state index contributed by atoms with van der Waals surface area (Å²) in [5.74, 6) is -1.16. The van der Waals surface area contributed by atoms with E-state index in [9.17, 15) is 9.90 Å². The van der Waals surface area contributed by atoms with Crippen molar-refractivity contribution in [3.63, 3.8) is 0 Å². The number of methoxy groups -OCH3 is 1. The molecule has 1 heterocycles. The first kappa shape index (κ1) is 27.3. The molecule has 0 saturated carbocycles. The summed E-state index contributed by atoms with van der Waals surface area (Å²) in [7, 11) is 1.51. The Labute approximate surface area is 209 Å². The molecule has 0 radical (unpaired) electrons. The van der Waals surface area contributed by atoms with Gasteiger partial charge in [0.25, 0.3) is 0 Å². The number of aliphatic hydroxyl groups excluding tert-OH is 1. The van der Waals surface area contributed by atoms with Gasteiger partial charge in [0.2, 0.25) is 5.91 Å². The first-order valence-corrected chi connectivity index (χ1v) is 12.5. The zero-order valence-corrected chi connectivity index (χ0v) is 21.3. The highest BCUT2D eigenvalue weighted by Gasteiger charge is 2.19. The van der Waals surface area contributed by atoms with Crippen molar-refractivity contribution in [2.75, 3.05) is 40.0 Å². The summed E-state index contributed by atoms with van der Waals surface area (Å²) < 4.78 is 10.5. The van der Waals surface area contributed by atoms with E-state index >= 15 is 0 Å². The van der Waals surface area contributed by atoms with Crippen LogP contribution in [0.25, 0.3) is 11.1 Å². The molecule has 2 aromatic carbocycles. The van der Waals surface area contributed by atoms with Crippen LogP contribution in [0.5, 0.6) is 0 Å². The predicted molar refractivity (Wildman–Crippen MR) is 137 cm³/mol. The highest BCUT2D eigenvalue weighted by atomic mass is 16.8. The number of amides is 1. The van der Waals surface area contributed by atoms with Gasteiger partial charge < -0.3 is 14.6 Å². The minimum absolute atomic E-state index is 0.197. The summed E-state index contributed by atoms with van der Waals surface area (Å²) in [5.41, 5.74) is 7.28. The minimum Gasteiger partial charge on any atom is -0.393 e. The molecule has 1 aliphatic heterocycles. The molecule has 3 rings (SSSR count). The standard InChI is InChI=1S/C28H40N2O5/c1-28(2,33-3)35-29-27(32)15-14-26(31)13-8-22-4-9-24(10-5-22)25-11-6-23(7-12-25)16-17-30-18-20-34-21-19-30/h4-7,9-12,26,31H,8,13-21H2,1-3H3,(H,29,32)/t26-/m1/s1. The maximum Gasteiger partial charge on any atom is 0.243 e. The summed E-state index contributed by atoms with van der Waals surface area (Å²) in [6, 6.07) is 17.3. The lowest BCUT2D eigenvalue weighted by molar-refractivity contribution is -0.231. The third kappa shape index (κ3) is 9.70. The van der Waals surface area contributed by atoms with Crippen molar-refractivity contribution in [1.82, 2.24) is 10.4 Å². The monoisotopic (exact) mass is 484 g/mol. The van der Waals surface area contributed by atoms with Gasteiger partial charge in [0.15, 0.2) is 5.79 Å². The average molecular weight is 485 g/mol. The van der Waals surface area contributed by atoms with Gasteiger partial charge in [-0.2, -0.15) is 0 Å². The molecule has 2 aromatic rings. The minimum atomic E-state index is -0.883. The van der Waals surface area contributed by atoms with Gasteiger partial charge in [-0.1, -0.05) is 48.5 Å². The fourth-order valence-electron chi connectivity index (χ4n) is 3.89. The van der Waals surface area contributed by atoms with Crippen LogP contribution in [0.1, 0.15) is 44.2 Å². The maximum absolute atomic E-state index is 11.9. The highest BCUT2D eigenvalue weighted by molar-refractivity contribution is 5.74. The topological polar surface area (TPSA) is 80.3 Å². The number of rotatable bonds is 13. The molecule has 7 heteroatoms. The fourth-order valence-corrected chi connectivity index (χ4v) is 3.89. The lowest BCUT2D eigenvalue weighted by Crippen LogP contribution is -2.37. The normalized spacial score (nSPS) is 15.7. The van der Waals surface area contributed by atoms with Crippen LogP contribution in [0.2, 0.25) is 0 Å². The Kier molecular flexibility index (Phi) is 10.7. The summed E-state index contributed by atoms with van der Waals surface area (Å²) in [4.78, 5) is 19.5. The van der Waals surface area contributed by atoms with Crippen LogP contribution >= 0.6 is 0 Å². The van der Waals surface area contributed by atoms with Crippen molar-refractivity contribution in [2.24, 2.45) is 0 Å². The SMILES string of the molecule is COC(C)(C)ONC(=O)CC[C@H](O)CCc1ccc(-c2ccc(CCN3CCOCC3)cc2)cc1. The first-order chi connectivity index (χ1) is 16.8. The number of hydrogen-bond donors (Lipinski definition) is 2. The van der Waals surface area contributed by atoms with E-state index < -0.39 is 11.9 Å². The van der Waals surface area contributed by atoms with Crippen LogP contribution in [0.3, 0.4) is 0 Å². The van der Waals surface area contributed by atoms with E-state index in [4.69, 9.17) is 14.3 Å². The Morgan fingerprint density at radius 2 is 1.57 bits per heavy atom. The highest BCUT2D eigenvalue weighted by Crippen LogP contribution is 2.21. The molecule has 1 saturated heterocycles. The summed E-state index contributed by atoms with van der Waals surface area (Å²) >= 11 is 0. The smallest absolute Gasteiger partial charge is 0.243 e. The number of aryl methyl sites for hydroxylation is 1. The molecule has 0 aliphatic carbocycles. The number of nitrogens with one attached hydrogen (secondary N) is 1. The molecule has 35 heavy (non-hydrogen) atoms. The second kappa shape index (κ2) is 13.7. The van der Waals surface area contributed by atoms with Gasteiger partial charge in [-0.3, -0.25) is 9.69 Å². The van der Waals surface area contributed by atoms with E-state index in [-0.39, 0.29) is 12.3 Å². The van der Waals surface area contributed by atoms with E-state index in [1.54, 1.807) is 13.8 Å². The second-order valence-corrected chi connectivity index (χ2v) is 9.56. The van der Waals surface area contributed by atoms with Crippen LogP contribution in [0, 0.1) is 0 Å². The molecule has 0 bridgehead atoms. The number of carbonyl (C=O) groups excluding carboxylic acids is 1. The molecular weight excluding hydrogens is 444 g/mol. The third-order valence-electron chi connectivity index (χ3n) is 6.43. The number of nitrogens with zero attached hydrogens (tertiary/aromatic N) is 1. The molecule has 1 atom stereocenters. The van der Waals surface area contributed by atoms with Crippen molar-refractivity contribution in [3.8, 4) is 11.1 Å². The van der Waals surface area contributed by atoms with Crippen LogP contribution in [0.15, 0.2) is 48.5 Å². The molecule has 2 N–H and O–H groups in total. The van der Waals surface area contributed by atoms with Crippen molar-refractivity contribution in [3.05, 3.63) is 59.7 Å². The van der Waals surface area contributed by atoms with Gasteiger partial charge in [-0.25, -0.2) is 10.3 Å². The second-order valence-electron chi connectivity index (χ2n) is 9.56. The largest absolute Gasteiger partial charge is 0.393 e. The zero-order chi connectivity index (χ0) is 25.1. The number of ether oxygens (including phenoxy) is 2. The number of aliphatic hydroxyl groups is 1. The summed E-state index contributed by atoms with van der Waals surface area (Å²) in [6.07, 6.45) is 2.47. The van der Waals surface area contributed by atoms with Gasteiger partial charge in [0.1, 0.15) is 0 Å². The Morgan fingerprint density at radius 1 is 1.00 bits per heavy atom. The van der Waals surface area contributed by atoms with E-state index in [2.05, 4.69) is 58.9 Å². The van der Waals surface area contributed by atoms with Gasteiger partial charge >= 0.3 is 0 Å². The Balaban J connectivity index is 1.38. The van der Waals surface area contributed by atoms with Crippen LogP contribution in [0.4, 0.5) is 0 Å². The van der Waals surface area contributed by atoms with Gasteiger partial charge in [0, 0.05) is 33.2 Å². The molecular formula is C28H40N2O5. The van der Waals surface area contributed by atoms with Crippen LogP contribution in [-0.2, 0) is 31.9 Å². The third-order valence-corrected chi connectivity index (χ3v) is 6.43. The first-order valence-electron chi connectivity index (χ1n) is 12.5. The molecule has 7 nitrogen and oxygen atoms in total. The van der Waals surface area contributed by atoms with Crippen LogP contribution in [-0.4, -0.2) is 67.8 Å². The zero-order valence-electron chi connectivity index (χ0n) is 21.3. The molecule has 1 aliphatic rings. The molecule has 0 spiro atoms. The lowest BCUT2D eigenvalue weighted by Gasteiger charge is -2.26. The number of carbonyl (C=O) groups is 1.